The Morgan fingerprint density at radius 3 is 2.31 bits per heavy atom. The molecule has 0 spiro atoms. The standard InChI is InChI=1S/C8H12N2O2S/c1-7(10-13(9,11)12)8-5-3-2-4-6-8/h2-7,10H,1H3,(H2,9,11,12). The van der Waals surface area contributed by atoms with Gasteiger partial charge in [0.05, 0.1) is 0 Å². The topological polar surface area (TPSA) is 72.2 Å². The molecule has 0 radical (unpaired) electrons. The van der Waals surface area contributed by atoms with Crippen LogP contribution in [0.5, 0.6) is 0 Å². The number of nitrogens with one attached hydrogen (secondary N) is 1. The highest BCUT2D eigenvalue weighted by molar-refractivity contribution is 7.87. The first kappa shape index (κ1) is 10.2. The van der Waals surface area contributed by atoms with Crippen LogP contribution in [0.4, 0.5) is 0 Å². The molecule has 0 heterocycles. The second kappa shape index (κ2) is 3.87. The van der Waals surface area contributed by atoms with E-state index in [1.165, 1.54) is 0 Å². The summed E-state index contributed by atoms with van der Waals surface area (Å²) in [7, 11) is -3.62. The predicted molar refractivity (Wildman–Crippen MR) is 51.1 cm³/mol. The Balaban J connectivity index is 2.76. The molecule has 72 valence electrons. The van der Waals surface area contributed by atoms with Crippen molar-refractivity contribution in [2.75, 3.05) is 0 Å². The Bertz CT molecular complexity index is 361. The Morgan fingerprint density at radius 1 is 1.31 bits per heavy atom. The molecule has 0 aromatic heterocycles. The SMILES string of the molecule is CC(NS(N)(=O)=O)c1ccccc1. The summed E-state index contributed by atoms with van der Waals surface area (Å²) >= 11 is 0. The van der Waals surface area contributed by atoms with Crippen LogP contribution in [0.25, 0.3) is 0 Å². The van der Waals surface area contributed by atoms with Crippen molar-refractivity contribution in [2.45, 2.75) is 13.0 Å². The molecule has 13 heavy (non-hydrogen) atoms. The number of benzene rings is 1. The number of hydrogen-bond donors (Lipinski definition) is 2. The van der Waals surface area contributed by atoms with Gasteiger partial charge in [0.2, 0.25) is 0 Å². The first-order chi connectivity index (χ1) is 5.99. The van der Waals surface area contributed by atoms with Crippen LogP contribution in [0.3, 0.4) is 0 Å². The number of rotatable bonds is 3. The van der Waals surface area contributed by atoms with E-state index in [0.29, 0.717) is 0 Å². The first-order valence-electron chi connectivity index (χ1n) is 3.84. The van der Waals surface area contributed by atoms with E-state index in [0.717, 1.165) is 5.56 Å². The molecular formula is C8H12N2O2S. The second-order valence-electron chi connectivity index (χ2n) is 2.80. The van der Waals surface area contributed by atoms with E-state index < -0.39 is 10.2 Å². The third kappa shape index (κ3) is 3.54. The van der Waals surface area contributed by atoms with Crippen LogP contribution < -0.4 is 9.86 Å². The maximum atomic E-state index is 10.7. The molecule has 1 aromatic carbocycles. The van der Waals surface area contributed by atoms with Crippen LogP contribution >= 0.6 is 0 Å². The Morgan fingerprint density at radius 2 is 1.85 bits per heavy atom. The fourth-order valence-corrected chi connectivity index (χ4v) is 1.69. The third-order valence-electron chi connectivity index (χ3n) is 1.64. The second-order valence-corrected chi connectivity index (χ2v) is 4.12. The molecule has 5 heteroatoms. The van der Waals surface area contributed by atoms with E-state index in [9.17, 15) is 8.42 Å². The highest BCUT2D eigenvalue weighted by Crippen LogP contribution is 2.10. The lowest BCUT2D eigenvalue weighted by atomic mass is 10.1. The van der Waals surface area contributed by atoms with Crippen LogP contribution in [0.2, 0.25) is 0 Å². The molecular weight excluding hydrogens is 188 g/mol. The molecule has 1 unspecified atom stereocenters. The van der Waals surface area contributed by atoms with Gasteiger partial charge in [-0.05, 0) is 12.5 Å². The first-order valence-corrected chi connectivity index (χ1v) is 5.38. The summed E-state index contributed by atoms with van der Waals surface area (Å²) < 4.78 is 23.6. The summed E-state index contributed by atoms with van der Waals surface area (Å²) in [5, 5.41) is 4.83. The van der Waals surface area contributed by atoms with Crippen molar-refractivity contribution in [1.82, 2.24) is 4.72 Å². The normalized spacial score (nSPS) is 14.0. The van der Waals surface area contributed by atoms with Gasteiger partial charge in [-0.2, -0.15) is 13.1 Å². The minimum Gasteiger partial charge on any atom is -0.216 e. The van der Waals surface area contributed by atoms with E-state index in [4.69, 9.17) is 5.14 Å². The van der Waals surface area contributed by atoms with Gasteiger partial charge < -0.3 is 0 Å². The molecule has 4 nitrogen and oxygen atoms in total. The molecule has 1 rings (SSSR count). The van der Waals surface area contributed by atoms with Crippen LogP contribution in [-0.4, -0.2) is 8.42 Å². The zero-order valence-corrected chi connectivity index (χ0v) is 8.08. The molecule has 0 saturated heterocycles. The van der Waals surface area contributed by atoms with Crippen LogP contribution in [0.15, 0.2) is 30.3 Å². The van der Waals surface area contributed by atoms with E-state index in [1.54, 1.807) is 6.92 Å². The summed E-state index contributed by atoms with van der Waals surface area (Å²) in [6.07, 6.45) is 0. The highest BCUT2D eigenvalue weighted by Gasteiger charge is 2.09. The smallest absolute Gasteiger partial charge is 0.216 e. The van der Waals surface area contributed by atoms with Gasteiger partial charge in [-0.3, -0.25) is 0 Å². The van der Waals surface area contributed by atoms with Crippen LogP contribution in [0, 0.1) is 0 Å². The van der Waals surface area contributed by atoms with Crippen molar-refractivity contribution in [3.8, 4) is 0 Å². The van der Waals surface area contributed by atoms with Crippen molar-refractivity contribution >= 4 is 10.2 Å². The van der Waals surface area contributed by atoms with Gasteiger partial charge >= 0.3 is 0 Å². The lowest BCUT2D eigenvalue weighted by Gasteiger charge is -2.11. The van der Waals surface area contributed by atoms with Gasteiger partial charge in [0, 0.05) is 6.04 Å². The molecule has 1 aromatic rings. The quantitative estimate of drug-likeness (QED) is 0.747. The molecule has 0 aliphatic heterocycles. The average Bonchev–Trinajstić information content (AvgIpc) is 2.03. The maximum absolute atomic E-state index is 10.7. The molecule has 0 saturated carbocycles. The highest BCUT2D eigenvalue weighted by atomic mass is 32.2. The van der Waals surface area contributed by atoms with Crippen molar-refractivity contribution in [1.29, 1.82) is 0 Å². The van der Waals surface area contributed by atoms with Crippen molar-refractivity contribution in [2.24, 2.45) is 5.14 Å². The fraction of sp³-hybridized carbons (Fsp3) is 0.250. The zero-order chi connectivity index (χ0) is 9.90. The minimum atomic E-state index is -3.62. The summed E-state index contributed by atoms with van der Waals surface area (Å²) in [4.78, 5) is 0. The van der Waals surface area contributed by atoms with Gasteiger partial charge in [0.25, 0.3) is 10.2 Å². The third-order valence-corrected chi connectivity index (χ3v) is 2.32. The zero-order valence-electron chi connectivity index (χ0n) is 7.27. The summed E-state index contributed by atoms with van der Waals surface area (Å²) in [5.41, 5.74) is 0.886. The summed E-state index contributed by atoms with van der Waals surface area (Å²) in [6, 6.07) is 8.93. The molecule has 0 aliphatic carbocycles. The Labute approximate surface area is 77.9 Å². The Hall–Kier alpha value is -0.910. The molecule has 0 amide bonds. The van der Waals surface area contributed by atoms with Gasteiger partial charge in [0.1, 0.15) is 0 Å². The average molecular weight is 200 g/mol. The largest absolute Gasteiger partial charge is 0.274 e. The lowest BCUT2D eigenvalue weighted by molar-refractivity contribution is 0.568. The van der Waals surface area contributed by atoms with E-state index in [-0.39, 0.29) is 6.04 Å². The van der Waals surface area contributed by atoms with E-state index in [2.05, 4.69) is 4.72 Å². The molecule has 0 bridgehead atoms. The Kier molecular flexibility index (Phi) is 3.02. The predicted octanol–water partition coefficient (Wildman–Crippen LogP) is 0.541. The van der Waals surface area contributed by atoms with Crippen molar-refractivity contribution in [3.63, 3.8) is 0 Å². The molecule has 1 atom stereocenters. The molecule has 0 fully saturated rings. The van der Waals surface area contributed by atoms with Crippen LogP contribution in [0.1, 0.15) is 18.5 Å². The summed E-state index contributed by atoms with van der Waals surface area (Å²) in [5.74, 6) is 0. The molecule has 3 N–H and O–H groups in total. The van der Waals surface area contributed by atoms with E-state index >= 15 is 0 Å². The number of hydrogen-bond acceptors (Lipinski definition) is 2. The fourth-order valence-electron chi connectivity index (χ4n) is 1.06. The van der Waals surface area contributed by atoms with Gasteiger partial charge in [-0.1, -0.05) is 30.3 Å². The van der Waals surface area contributed by atoms with Crippen molar-refractivity contribution in [3.05, 3.63) is 35.9 Å². The minimum absolute atomic E-state index is 0.295. The van der Waals surface area contributed by atoms with Crippen LogP contribution in [-0.2, 0) is 10.2 Å². The maximum Gasteiger partial charge on any atom is 0.274 e. The van der Waals surface area contributed by atoms with Gasteiger partial charge in [-0.15, -0.1) is 0 Å². The number of nitrogens with two attached hydrogens (primary N) is 1. The van der Waals surface area contributed by atoms with Crippen molar-refractivity contribution < 1.29 is 8.42 Å². The lowest BCUT2D eigenvalue weighted by Crippen LogP contribution is -2.32. The monoisotopic (exact) mass is 200 g/mol. The molecule has 0 aliphatic rings. The summed E-state index contributed by atoms with van der Waals surface area (Å²) in [6.45, 7) is 1.74. The van der Waals surface area contributed by atoms with E-state index in [1.807, 2.05) is 30.3 Å². The van der Waals surface area contributed by atoms with Gasteiger partial charge in [-0.25, -0.2) is 5.14 Å². The van der Waals surface area contributed by atoms with Gasteiger partial charge in [0.15, 0.2) is 0 Å².